The first-order valence-corrected chi connectivity index (χ1v) is 17.3. The number of anilines is 1. The molecule has 0 spiro atoms. The SMILES string of the molecule is C#Cc1c(F)ccc2cc(O)cc(-c3nc4c5c(nc(OCC6(CN7CC8CC8C7)CC6)nc5c3F)N3C[C@@H](CC=C=C)NC[C@H]3CC4)c12. The minimum Gasteiger partial charge on any atom is -0.508 e. The molecule has 2 aliphatic carbocycles. The molecule has 3 aliphatic heterocycles. The van der Waals surface area contributed by atoms with Gasteiger partial charge in [0.2, 0.25) is 0 Å². The Hall–Kier alpha value is -4.55. The Labute approximate surface area is 283 Å². The van der Waals surface area contributed by atoms with Crippen molar-refractivity contribution in [2.75, 3.05) is 44.2 Å². The van der Waals surface area contributed by atoms with E-state index in [-0.39, 0.29) is 51.6 Å². The standard InChI is InChI=1S/C39H38F2N6O2/c1-3-5-6-25-19-47-26(16-42-25)8-10-31-33-36(34(41)35(43-31)29-15-27(48)14-22-7-9-30(40)28(4-2)32(22)29)44-38(45-37(33)47)49-21-39(11-12-39)20-46-17-23-13-24(23)18-46/h2,5,7,9,14-15,23-26,42,48H,1,6,8,10-13,16-21H2/t23?,24?,25-,26-/m1/s1. The van der Waals surface area contributed by atoms with Crippen LogP contribution >= 0.6 is 0 Å². The van der Waals surface area contributed by atoms with Crippen molar-refractivity contribution in [1.82, 2.24) is 25.2 Å². The molecule has 250 valence electrons. The highest BCUT2D eigenvalue weighted by atomic mass is 19.1. The Kier molecular flexibility index (Phi) is 7.17. The number of piperidine rings is 1. The molecule has 0 amide bonds. The number of aromatic hydroxyl groups is 1. The van der Waals surface area contributed by atoms with Gasteiger partial charge < -0.3 is 25.0 Å². The quantitative estimate of drug-likeness (QED) is 0.183. The topological polar surface area (TPSA) is 86.6 Å². The van der Waals surface area contributed by atoms with E-state index >= 15 is 8.78 Å². The first-order valence-electron chi connectivity index (χ1n) is 17.3. The molecule has 4 atom stereocenters. The molecule has 2 aromatic heterocycles. The third-order valence-electron chi connectivity index (χ3n) is 11.4. The maximum absolute atomic E-state index is 17.2. The zero-order valence-corrected chi connectivity index (χ0v) is 27.3. The van der Waals surface area contributed by atoms with Crippen LogP contribution in [0, 0.1) is 41.2 Å². The van der Waals surface area contributed by atoms with Crippen LogP contribution in [-0.2, 0) is 6.42 Å². The van der Waals surface area contributed by atoms with Gasteiger partial charge in [0.25, 0.3) is 0 Å². The molecule has 4 fully saturated rings. The van der Waals surface area contributed by atoms with Gasteiger partial charge in [0, 0.05) is 61.2 Å². The zero-order chi connectivity index (χ0) is 33.4. The third kappa shape index (κ3) is 5.32. The molecular weight excluding hydrogens is 622 g/mol. The normalized spacial score (nSPS) is 24.9. The largest absolute Gasteiger partial charge is 0.508 e. The molecule has 49 heavy (non-hydrogen) atoms. The second-order valence-electron chi connectivity index (χ2n) is 14.8. The van der Waals surface area contributed by atoms with Gasteiger partial charge in [0.1, 0.15) is 28.6 Å². The lowest BCUT2D eigenvalue weighted by Gasteiger charge is -2.40. The molecule has 5 heterocycles. The monoisotopic (exact) mass is 660 g/mol. The number of rotatable bonds is 8. The summed E-state index contributed by atoms with van der Waals surface area (Å²) in [6.07, 6.45) is 13.3. The molecule has 10 heteroatoms. The summed E-state index contributed by atoms with van der Waals surface area (Å²) < 4.78 is 38.6. The molecule has 2 unspecified atom stereocenters. The van der Waals surface area contributed by atoms with Crippen molar-refractivity contribution in [3.63, 3.8) is 0 Å². The van der Waals surface area contributed by atoms with Gasteiger partial charge in [-0.05, 0) is 80.0 Å². The van der Waals surface area contributed by atoms with Crippen LogP contribution in [0.4, 0.5) is 14.6 Å². The number of fused-ring (bicyclic) bond motifs is 4. The highest BCUT2D eigenvalue weighted by Gasteiger charge is 2.51. The van der Waals surface area contributed by atoms with Gasteiger partial charge in [-0.15, -0.1) is 12.2 Å². The third-order valence-corrected chi connectivity index (χ3v) is 11.4. The summed E-state index contributed by atoms with van der Waals surface area (Å²) in [6.45, 7) is 8.92. The van der Waals surface area contributed by atoms with Crippen molar-refractivity contribution in [2.24, 2.45) is 17.3 Å². The molecule has 5 aliphatic rings. The molecule has 2 saturated carbocycles. The van der Waals surface area contributed by atoms with E-state index in [4.69, 9.17) is 26.1 Å². The van der Waals surface area contributed by atoms with E-state index in [2.05, 4.69) is 33.3 Å². The summed E-state index contributed by atoms with van der Waals surface area (Å²) >= 11 is 0. The fraction of sp³-hybridized carbons (Fsp3) is 0.436. The first kappa shape index (κ1) is 30.5. The van der Waals surface area contributed by atoms with Crippen LogP contribution in [0.15, 0.2) is 42.7 Å². The van der Waals surface area contributed by atoms with E-state index in [0.29, 0.717) is 47.2 Å². The van der Waals surface area contributed by atoms with E-state index in [9.17, 15) is 5.11 Å². The van der Waals surface area contributed by atoms with Crippen molar-refractivity contribution < 1.29 is 18.6 Å². The number of aryl methyl sites for hydroxylation is 1. The van der Waals surface area contributed by atoms with Gasteiger partial charge >= 0.3 is 6.01 Å². The minimum absolute atomic E-state index is 0.0140. The summed E-state index contributed by atoms with van der Waals surface area (Å²) in [5, 5.41) is 15.7. The van der Waals surface area contributed by atoms with Crippen molar-refractivity contribution >= 4 is 27.5 Å². The smallest absolute Gasteiger partial charge is 0.319 e. The number of hydrogen-bond acceptors (Lipinski definition) is 8. The van der Waals surface area contributed by atoms with Crippen molar-refractivity contribution in [3.8, 4) is 35.4 Å². The summed E-state index contributed by atoms with van der Waals surface area (Å²) in [5.74, 6) is 3.38. The van der Waals surface area contributed by atoms with Crippen LogP contribution in [0.2, 0.25) is 0 Å². The van der Waals surface area contributed by atoms with E-state index in [1.807, 2.05) is 6.08 Å². The lowest BCUT2D eigenvalue weighted by molar-refractivity contribution is 0.163. The van der Waals surface area contributed by atoms with Gasteiger partial charge in [-0.1, -0.05) is 18.6 Å². The number of phenols is 1. The number of phenolic OH excluding ortho intramolecular Hbond substituents is 1. The van der Waals surface area contributed by atoms with Crippen LogP contribution in [0.25, 0.3) is 32.9 Å². The lowest BCUT2D eigenvalue weighted by Crippen LogP contribution is -2.56. The van der Waals surface area contributed by atoms with Gasteiger partial charge in [-0.3, -0.25) is 0 Å². The Bertz CT molecular complexity index is 2110. The average molecular weight is 661 g/mol. The average Bonchev–Trinajstić information content (AvgIpc) is 4.02. The van der Waals surface area contributed by atoms with Crippen LogP contribution < -0.4 is 15.0 Å². The fourth-order valence-electron chi connectivity index (χ4n) is 8.50. The summed E-state index contributed by atoms with van der Waals surface area (Å²) in [5.41, 5.74) is 3.83. The Morgan fingerprint density at radius 1 is 1.12 bits per heavy atom. The van der Waals surface area contributed by atoms with Crippen molar-refractivity contribution in [2.45, 2.75) is 50.6 Å². The van der Waals surface area contributed by atoms with Crippen LogP contribution in [-0.4, -0.2) is 76.4 Å². The zero-order valence-electron chi connectivity index (χ0n) is 27.3. The highest BCUT2D eigenvalue weighted by Crippen LogP contribution is 2.51. The fourth-order valence-corrected chi connectivity index (χ4v) is 8.50. The molecule has 8 nitrogen and oxygen atoms in total. The summed E-state index contributed by atoms with van der Waals surface area (Å²) in [6, 6.07) is 6.03. The number of hydrogen-bond donors (Lipinski definition) is 2. The molecular formula is C39H38F2N6O2. The number of aromatic nitrogens is 3. The predicted octanol–water partition coefficient (Wildman–Crippen LogP) is 5.75. The second kappa shape index (κ2) is 11.5. The predicted molar refractivity (Wildman–Crippen MR) is 185 cm³/mol. The number of pyridine rings is 1. The summed E-state index contributed by atoms with van der Waals surface area (Å²) in [4.78, 5) is 19.5. The van der Waals surface area contributed by atoms with Crippen LogP contribution in [0.3, 0.4) is 0 Å². The number of terminal acetylenes is 1. The van der Waals surface area contributed by atoms with Gasteiger partial charge in [-0.2, -0.15) is 9.97 Å². The highest BCUT2D eigenvalue weighted by molar-refractivity contribution is 6.03. The van der Waals surface area contributed by atoms with Crippen LogP contribution in [0.5, 0.6) is 11.8 Å². The minimum atomic E-state index is -0.691. The van der Waals surface area contributed by atoms with E-state index in [0.717, 1.165) is 50.6 Å². The molecule has 9 rings (SSSR count). The number of benzene rings is 2. The Balaban J connectivity index is 1.17. The summed E-state index contributed by atoms with van der Waals surface area (Å²) in [7, 11) is 0. The lowest BCUT2D eigenvalue weighted by atomic mass is 9.95. The maximum atomic E-state index is 17.2. The second-order valence-corrected chi connectivity index (χ2v) is 14.8. The Morgan fingerprint density at radius 2 is 1.96 bits per heavy atom. The molecule has 2 aromatic carbocycles. The number of nitrogens with zero attached hydrogens (tertiary/aromatic N) is 5. The van der Waals surface area contributed by atoms with Crippen molar-refractivity contribution in [1.29, 1.82) is 0 Å². The number of halogens is 2. The molecule has 0 bridgehead atoms. The van der Waals surface area contributed by atoms with Gasteiger partial charge in [-0.25, -0.2) is 13.8 Å². The van der Waals surface area contributed by atoms with Gasteiger partial charge in [0.05, 0.1) is 23.3 Å². The number of ether oxygens (including phenoxy) is 1. The molecule has 2 saturated heterocycles. The van der Waals surface area contributed by atoms with Crippen molar-refractivity contribution in [3.05, 3.63) is 65.5 Å². The van der Waals surface area contributed by atoms with Crippen LogP contribution in [0.1, 0.15) is 43.4 Å². The number of nitrogens with one attached hydrogen (secondary N) is 1. The van der Waals surface area contributed by atoms with E-state index in [1.165, 1.54) is 43.8 Å². The maximum Gasteiger partial charge on any atom is 0.319 e. The van der Waals surface area contributed by atoms with E-state index < -0.39 is 11.6 Å². The number of likely N-dealkylation sites (tertiary alicyclic amines) is 1. The Morgan fingerprint density at radius 3 is 2.73 bits per heavy atom. The van der Waals surface area contributed by atoms with E-state index in [1.54, 1.807) is 0 Å². The molecule has 2 N–H and O–H groups in total. The number of piperazine rings is 1. The first-order chi connectivity index (χ1) is 23.8. The molecule has 4 aromatic rings. The molecule has 0 radical (unpaired) electrons. The van der Waals surface area contributed by atoms with Gasteiger partial charge in [0.15, 0.2) is 5.82 Å².